The lowest BCUT2D eigenvalue weighted by Gasteiger charge is -2.43. The van der Waals surface area contributed by atoms with Gasteiger partial charge in [0.15, 0.2) is 0 Å². The van der Waals surface area contributed by atoms with Crippen molar-refractivity contribution in [2.45, 2.75) is 37.0 Å². The van der Waals surface area contributed by atoms with Crippen LogP contribution in [-0.2, 0) is 11.2 Å². The van der Waals surface area contributed by atoms with Crippen molar-refractivity contribution in [1.29, 1.82) is 0 Å². The van der Waals surface area contributed by atoms with Crippen molar-refractivity contribution in [1.82, 2.24) is 4.90 Å². The molecule has 2 aromatic rings. The quantitative estimate of drug-likeness (QED) is 0.858. The summed E-state index contributed by atoms with van der Waals surface area (Å²) in [4.78, 5) is 6.86. The minimum Gasteiger partial charge on any atom is -0.456 e. The Labute approximate surface area is 151 Å². The minimum absolute atomic E-state index is 0.0422. The van der Waals surface area contributed by atoms with Crippen LogP contribution >= 0.6 is 0 Å². The summed E-state index contributed by atoms with van der Waals surface area (Å²) in [5.74, 6) is -0.235. The number of amidine groups is 1. The lowest BCUT2D eigenvalue weighted by atomic mass is 9.78. The Hall–Kier alpha value is -2.40. The van der Waals surface area contributed by atoms with Crippen molar-refractivity contribution in [3.63, 3.8) is 0 Å². The number of rotatable bonds is 1. The van der Waals surface area contributed by atoms with Gasteiger partial charge < -0.3 is 14.7 Å². The summed E-state index contributed by atoms with van der Waals surface area (Å²) in [7, 11) is 0. The molecule has 1 N–H and O–H groups in total. The van der Waals surface area contributed by atoms with Crippen LogP contribution in [0.25, 0.3) is 0 Å². The highest BCUT2D eigenvalue weighted by Gasteiger charge is 2.51. The van der Waals surface area contributed by atoms with E-state index in [2.05, 4.69) is 28.1 Å². The van der Waals surface area contributed by atoms with Crippen molar-refractivity contribution < 1.29 is 14.2 Å². The Morgan fingerprint density at radius 2 is 1.88 bits per heavy atom. The van der Waals surface area contributed by atoms with E-state index in [0.29, 0.717) is 25.4 Å². The summed E-state index contributed by atoms with van der Waals surface area (Å²) in [6.45, 7) is 1.41. The highest BCUT2D eigenvalue weighted by atomic mass is 19.1. The van der Waals surface area contributed by atoms with Gasteiger partial charge >= 0.3 is 0 Å². The molecule has 0 saturated heterocycles. The van der Waals surface area contributed by atoms with Crippen molar-refractivity contribution in [3.8, 4) is 0 Å². The zero-order valence-corrected chi connectivity index (χ0v) is 14.4. The molecule has 26 heavy (non-hydrogen) atoms. The molecule has 1 aliphatic carbocycles. The number of hydrogen-bond acceptors (Lipinski definition) is 4. The molecule has 1 atom stereocenters. The molecule has 1 spiro atoms. The minimum atomic E-state index is -0.320. The molecule has 2 aliphatic heterocycles. The van der Waals surface area contributed by atoms with Crippen molar-refractivity contribution in [2.24, 2.45) is 4.99 Å². The molecule has 0 radical (unpaired) electrons. The first-order chi connectivity index (χ1) is 12.6. The van der Waals surface area contributed by atoms with Gasteiger partial charge in [0.2, 0.25) is 0 Å². The Bertz CT molecular complexity index is 859. The van der Waals surface area contributed by atoms with Crippen LogP contribution in [0.3, 0.4) is 0 Å². The van der Waals surface area contributed by atoms with Gasteiger partial charge in [0.05, 0.1) is 18.7 Å². The number of benzene rings is 2. The summed E-state index contributed by atoms with van der Waals surface area (Å²) in [6, 6.07) is 15.7. The van der Waals surface area contributed by atoms with Gasteiger partial charge in [-0.2, -0.15) is 0 Å². The number of halogens is 1. The van der Waals surface area contributed by atoms with Gasteiger partial charge in [0.1, 0.15) is 11.4 Å². The molecule has 1 fully saturated rings. The maximum Gasteiger partial charge on any atom is 0.288 e. The first-order valence-electron chi connectivity index (χ1n) is 9.15. The summed E-state index contributed by atoms with van der Waals surface area (Å²) in [5, 5.41) is 9.68. The van der Waals surface area contributed by atoms with Crippen LogP contribution in [0.2, 0.25) is 0 Å². The van der Waals surface area contributed by atoms with Gasteiger partial charge in [-0.05, 0) is 35.2 Å². The lowest BCUT2D eigenvalue weighted by molar-refractivity contribution is -0.0908. The number of aliphatic hydroxyl groups excluding tert-OH is 1. The molecule has 5 rings (SSSR count). The van der Waals surface area contributed by atoms with Crippen LogP contribution in [0, 0.1) is 5.82 Å². The van der Waals surface area contributed by atoms with Crippen molar-refractivity contribution in [2.75, 3.05) is 13.1 Å². The van der Waals surface area contributed by atoms with E-state index in [9.17, 15) is 9.50 Å². The monoisotopic (exact) mass is 352 g/mol. The summed E-state index contributed by atoms with van der Waals surface area (Å²) in [6.07, 6.45) is 1.93. The fourth-order valence-corrected chi connectivity index (χ4v) is 4.41. The van der Waals surface area contributed by atoms with E-state index < -0.39 is 0 Å². The van der Waals surface area contributed by atoms with E-state index in [1.807, 2.05) is 18.2 Å². The molecule has 134 valence electrons. The van der Waals surface area contributed by atoms with Crippen molar-refractivity contribution >= 4 is 6.02 Å². The van der Waals surface area contributed by atoms with Crippen LogP contribution < -0.4 is 0 Å². The molecule has 0 unspecified atom stereocenters. The van der Waals surface area contributed by atoms with Gasteiger partial charge in [-0.15, -0.1) is 0 Å². The number of ether oxygens (including phenoxy) is 1. The molecular weight excluding hydrogens is 331 g/mol. The van der Waals surface area contributed by atoms with Crippen LogP contribution in [-0.4, -0.2) is 40.8 Å². The average Bonchev–Trinajstić information content (AvgIpc) is 3.06. The molecular formula is C21H21FN2O2. The number of aliphatic hydroxyl groups is 1. The van der Waals surface area contributed by atoms with E-state index in [1.54, 1.807) is 0 Å². The third-order valence-electron chi connectivity index (χ3n) is 5.74. The summed E-state index contributed by atoms with van der Waals surface area (Å²) >= 11 is 0. The number of fused-ring (bicyclic) bond motifs is 1. The number of nitrogens with zero attached hydrogens (tertiary/aromatic N) is 2. The Balaban J connectivity index is 1.51. The molecule has 0 amide bonds. The topological polar surface area (TPSA) is 45.1 Å². The predicted molar refractivity (Wildman–Crippen MR) is 96.5 cm³/mol. The second-order valence-corrected chi connectivity index (χ2v) is 7.54. The Kier molecular flexibility index (Phi) is 3.54. The fourth-order valence-electron chi connectivity index (χ4n) is 4.41. The second-order valence-electron chi connectivity index (χ2n) is 7.54. The fraction of sp³-hybridized carbons (Fsp3) is 0.381. The zero-order valence-electron chi connectivity index (χ0n) is 14.4. The van der Waals surface area contributed by atoms with Crippen LogP contribution in [0.1, 0.15) is 35.6 Å². The number of hydrogen-bond donors (Lipinski definition) is 1. The van der Waals surface area contributed by atoms with Gasteiger partial charge in [-0.25, -0.2) is 9.38 Å². The number of aliphatic imine (C=N–C) groups is 1. The Morgan fingerprint density at radius 1 is 1.12 bits per heavy atom. The third-order valence-corrected chi connectivity index (χ3v) is 5.74. The van der Waals surface area contributed by atoms with Crippen LogP contribution in [0.15, 0.2) is 53.5 Å². The van der Waals surface area contributed by atoms with Gasteiger partial charge in [0, 0.05) is 19.4 Å². The molecule has 2 aromatic carbocycles. The predicted octanol–water partition coefficient (Wildman–Crippen LogP) is 3.05. The SMILES string of the molecule is OC1CC2(CN=C(N3CCc4ccccc4[C@@H]3c3ccc(F)cc3)O2)C1. The molecule has 5 heteroatoms. The first-order valence-corrected chi connectivity index (χ1v) is 9.15. The smallest absolute Gasteiger partial charge is 0.288 e. The molecule has 4 nitrogen and oxygen atoms in total. The van der Waals surface area contributed by atoms with Crippen LogP contribution in [0.5, 0.6) is 0 Å². The van der Waals surface area contributed by atoms with Gasteiger partial charge in [-0.3, -0.25) is 0 Å². The molecule has 2 heterocycles. The third kappa shape index (κ3) is 2.50. The van der Waals surface area contributed by atoms with E-state index in [-0.39, 0.29) is 23.6 Å². The lowest BCUT2D eigenvalue weighted by Crippen LogP contribution is -2.51. The molecule has 1 saturated carbocycles. The van der Waals surface area contributed by atoms with Gasteiger partial charge in [0.25, 0.3) is 6.02 Å². The van der Waals surface area contributed by atoms with Gasteiger partial charge in [-0.1, -0.05) is 36.4 Å². The van der Waals surface area contributed by atoms with E-state index in [1.165, 1.54) is 23.3 Å². The Morgan fingerprint density at radius 3 is 2.65 bits per heavy atom. The van der Waals surface area contributed by atoms with E-state index in [0.717, 1.165) is 18.5 Å². The maximum absolute atomic E-state index is 13.5. The summed E-state index contributed by atoms with van der Waals surface area (Å²) in [5.41, 5.74) is 3.23. The first kappa shape index (κ1) is 15.8. The highest BCUT2D eigenvalue weighted by molar-refractivity contribution is 5.78. The van der Waals surface area contributed by atoms with Crippen LogP contribution in [0.4, 0.5) is 4.39 Å². The standard InChI is InChI=1S/C21H21FN2O2/c22-16-7-5-15(6-8-16)19-18-4-2-1-3-14(18)9-10-24(19)20-23-13-21(26-20)11-17(25)12-21/h1-8,17,19,25H,9-13H2/t17?,19-,21?/m0/s1. The molecule has 0 aromatic heterocycles. The van der Waals surface area contributed by atoms with E-state index in [4.69, 9.17) is 4.74 Å². The summed E-state index contributed by atoms with van der Waals surface area (Å²) < 4.78 is 19.7. The van der Waals surface area contributed by atoms with E-state index >= 15 is 0 Å². The molecule has 0 bridgehead atoms. The molecule has 3 aliphatic rings. The van der Waals surface area contributed by atoms with Crippen molar-refractivity contribution in [3.05, 3.63) is 71.0 Å². The maximum atomic E-state index is 13.5. The zero-order chi connectivity index (χ0) is 17.7. The average molecular weight is 352 g/mol. The highest BCUT2D eigenvalue weighted by Crippen LogP contribution is 2.42. The normalized spacial score (nSPS) is 29.8. The largest absolute Gasteiger partial charge is 0.456 e. The second kappa shape index (κ2) is 5.81.